The lowest BCUT2D eigenvalue weighted by Gasteiger charge is -2.20. The average molecular weight is 250 g/mol. The largest absolute Gasteiger partial charge is 0.494 e. The summed E-state index contributed by atoms with van der Waals surface area (Å²) in [6.07, 6.45) is 1.02. The Morgan fingerprint density at radius 1 is 1.44 bits per heavy atom. The van der Waals surface area contributed by atoms with Crippen LogP contribution in [0.3, 0.4) is 0 Å². The molecule has 0 saturated heterocycles. The van der Waals surface area contributed by atoms with Crippen molar-refractivity contribution in [2.75, 3.05) is 12.8 Å². The number of amides is 1. The summed E-state index contributed by atoms with van der Waals surface area (Å²) < 4.78 is 5.18. The van der Waals surface area contributed by atoms with E-state index >= 15 is 0 Å². The van der Waals surface area contributed by atoms with Crippen LogP contribution in [-0.2, 0) is 0 Å². The Morgan fingerprint density at radius 3 is 2.67 bits per heavy atom. The van der Waals surface area contributed by atoms with Crippen molar-refractivity contribution in [1.82, 2.24) is 5.32 Å². The molecular weight excluding hydrogens is 228 g/mol. The molecule has 1 aromatic rings. The molecule has 0 heterocycles. The molecule has 1 aromatic carbocycles. The Labute approximate surface area is 109 Å². The molecule has 2 unspecified atom stereocenters. The zero-order chi connectivity index (χ0) is 13.7. The highest BCUT2D eigenvalue weighted by Gasteiger charge is 2.18. The van der Waals surface area contributed by atoms with E-state index in [1.54, 1.807) is 18.2 Å². The minimum absolute atomic E-state index is 0.119. The smallest absolute Gasteiger partial charge is 0.255 e. The second-order valence-corrected chi connectivity index (χ2v) is 4.58. The summed E-state index contributed by atoms with van der Waals surface area (Å²) in [5.74, 6) is 0.722. The second-order valence-electron chi connectivity index (χ2n) is 4.58. The number of rotatable bonds is 5. The number of para-hydroxylation sites is 1. The van der Waals surface area contributed by atoms with E-state index < -0.39 is 0 Å². The minimum Gasteiger partial charge on any atom is -0.494 e. The molecule has 1 amide bonds. The predicted molar refractivity (Wildman–Crippen MR) is 73.8 cm³/mol. The zero-order valence-electron chi connectivity index (χ0n) is 11.5. The van der Waals surface area contributed by atoms with E-state index in [0.717, 1.165) is 6.42 Å². The van der Waals surface area contributed by atoms with Crippen molar-refractivity contribution in [2.45, 2.75) is 33.2 Å². The van der Waals surface area contributed by atoms with Crippen molar-refractivity contribution in [3.63, 3.8) is 0 Å². The van der Waals surface area contributed by atoms with Gasteiger partial charge in [0, 0.05) is 6.04 Å². The highest BCUT2D eigenvalue weighted by Crippen LogP contribution is 2.26. The fraction of sp³-hybridized carbons (Fsp3) is 0.500. The fourth-order valence-corrected chi connectivity index (χ4v) is 1.74. The van der Waals surface area contributed by atoms with Gasteiger partial charge < -0.3 is 15.8 Å². The molecule has 0 radical (unpaired) electrons. The lowest BCUT2D eigenvalue weighted by atomic mass is 10.0. The third-order valence-corrected chi connectivity index (χ3v) is 3.35. The van der Waals surface area contributed by atoms with Crippen LogP contribution in [0, 0.1) is 5.92 Å². The van der Waals surface area contributed by atoms with Crippen molar-refractivity contribution < 1.29 is 9.53 Å². The molecule has 0 aliphatic rings. The summed E-state index contributed by atoms with van der Waals surface area (Å²) in [5.41, 5.74) is 6.73. The molecule has 2 atom stereocenters. The van der Waals surface area contributed by atoms with Gasteiger partial charge in [0.1, 0.15) is 0 Å². The number of nitrogen functional groups attached to an aromatic ring is 1. The first-order valence-electron chi connectivity index (χ1n) is 6.24. The molecule has 1 rings (SSSR count). The number of ether oxygens (including phenoxy) is 1. The first-order valence-corrected chi connectivity index (χ1v) is 6.24. The molecule has 0 aliphatic carbocycles. The molecule has 0 aliphatic heterocycles. The molecule has 4 heteroatoms. The quantitative estimate of drug-likeness (QED) is 0.789. The number of hydrogen-bond acceptors (Lipinski definition) is 3. The first kappa shape index (κ1) is 14.4. The number of carbonyl (C=O) groups excluding carboxylic acids is 1. The summed E-state index contributed by atoms with van der Waals surface area (Å²) in [5, 5.41) is 2.97. The van der Waals surface area contributed by atoms with Gasteiger partial charge in [0.25, 0.3) is 5.91 Å². The van der Waals surface area contributed by atoms with Crippen molar-refractivity contribution >= 4 is 11.6 Å². The van der Waals surface area contributed by atoms with Gasteiger partial charge in [0.2, 0.25) is 0 Å². The third-order valence-electron chi connectivity index (χ3n) is 3.35. The summed E-state index contributed by atoms with van der Waals surface area (Å²) in [7, 11) is 1.51. The van der Waals surface area contributed by atoms with E-state index in [1.165, 1.54) is 7.11 Å². The average Bonchev–Trinajstić information content (AvgIpc) is 2.37. The van der Waals surface area contributed by atoms with Crippen molar-refractivity contribution in [2.24, 2.45) is 5.92 Å². The van der Waals surface area contributed by atoms with Gasteiger partial charge in [-0.3, -0.25) is 4.79 Å². The number of nitrogens with one attached hydrogen (secondary N) is 1. The van der Waals surface area contributed by atoms with Crippen LogP contribution >= 0.6 is 0 Å². The van der Waals surface area contributed by atoms with E-state index in [4.69, 9.17) is 10.5 Å². The minimum atomic E-state index is -0.146. The molecule has 0 fully saturated rings. The topological polar surface area (TPSA) is 64.4 Å². The normalized spacial score (nSPS) is 13.8. The van der Waals surface area contributed by atoms with Crippen LogP contribution < -0.4 is 15.8 Å². The molecule has 0 aromatic heterocycles. The van der Waals surface area contributed by atoms with Crippen LogP contribution in [0.5, 0.6) is 5.75 Å². The van der Waals surface area contributed by atoms with E-state index in [2.05, 4.69) is 19.2 Å². The number of benzene rings is 1. The van der Waals surface area contributed by atoms with Gasteiger partial charge in [-0.2, -0.15) is 0 Å². The fourth-order valence-electron chi connectivity index (χ4n) is 1.74. The molecule has 4 nitrogen and oxygen atoms in total. The molecule has 3 N–H and O–H groups in total. The standard InChI is InChI=1S/C14H22N2O2/c1-5-9(2)10(3)16-14(17)11-7-6-8-12(15)13(11)18-4/h6-10H,5,15H2,1-4H3,(H,16,17). The maximum atomic E-state index is 12.2. The summed E-state index contributed by atoms with van der Waals surface area (Å²) in [6.45, 7) is 6.22. The molecular formula is C14H22N2O2. The number of carbonyl (C=O) groups is 1. The number of anilines is 1. The number of methoxy groups -OCH3 is 1. The van der Waals surface area contributed by atoms with Crippen LogP contribution in [0.25, 0.3) is 0 Å². The summed E-state index contributed by atoms with van der Waals surface area (Å²) in [6, 6.07) is 5.30. The van der Waals surface area contributed by atoms with Gasteiger partial charge >= 0.3 is 0 Å². The molecule has 0 saturated carbocycles. The summed E-state index contributed by atoms with van der Waals surface area (Å²) >= 11 is 0. The first-order chi connectivity index (χ1) is 8.51. The van der Waals surface area contributed by atoms with E-state index in [-0.39, 0.29) is 11.9 Å². The SMILES string of the molecule is CCC(C)C(C)NC(=O)c1cccc(N)c1OC. The van der Waals surface area contributed by atoms with Crippen LogP contribution in [0.15, 0.2) is 18.2 Å². The van der Waals surface area contributed by atoms with E-state index in [9.17, 15) is 4.79 Å². The van der Waals surface area contributed by atoms with Gasteiger partial charge in [0.05, 0.1) is 18.4 Å². The third kappa shape index (κ3) is 3.15. The van der Waals surface area contributed by atoms with Crippen LogP contribution in [0.4, 0.5) is 5.69 Å². The van der Waals surface area contributed by atoms with Crippen LogP contribution in [0.2, 0.25) is 0 Å². The molecule has 18 heavy (non-hydrogen) atoms. The number of hydrogen-bond donors (Lipinski definition) is 2. The molecule has 100 valence electrons. The Balaban J connectivity index is 2.88. The molecule has 0 bridgehead atoms. The second kappa shape index (κ2) is 6.28. The lowest BCUT2D eigenvalue weighted by Crippen LogP contribution is -2.37. The van der Waals surface area contributed by atoms with Crippen molar-refractivity contribution in [3.8, 4) is 5.75 Å². The van der Waals surface area contributed by atoms with Crippen LogP contribution in [-0.4, -0.2) is 19.1 Å². The van der Waals surface area contributed by atoms with Crippen LogP contribution in [0.1, 0.15) is 37.6 Å². The monoisotopic (exact) mass is 250 g/mol. The maximum Gasteiger partial charge on any atom is 0.255 e. The van der Waals surface area contributed by atoms with Gasteiger partial charge in [-0.1, -0.05) is 26.3 Å². The van der Waals surface area contributed by atoms with E-state index in [0.29, 0.717) is 22.9 Å². The zero-order valence-corrected chi connectivity index (χ0v) is 11.5. The highest BCUT2D eigenvalue weighted by atomic mass is 16.5. The van der Waals surface area contributed by atoms with Gasteiger partial charge in [-0.15, -0.1) is 0 Å². The van der Waals surface area contributed by atoms with Gasteiger partial charge in [0.15, 0.2) is 5.75 Å². The van der Waals surface area contributed by atoms with Gasteiger partial charge in [-0.25, -0.2) is 0 Å². The maximum absolute atomic E-state index is 12.2. The predicted octanol–water partition coefficient (Wildman–Crippen LogP) is 2.44. The van der Waals surface area contributed by atoms with Gasteiger partial charge in [-0.05, 0) is 25.0 Å². The lowest BCUT2D eigenvalue weighted by molar-refractivity contribution is 0.0925. The highest BCUT2D eigenvalue weighted by molar-refractivity contribution is 5.98. The Morgan fingerprint density at radius 2 is 2.11 bits per heavy atom. The Bertz CT molecular complexity index is 418. The van der Waals surface area contributed by atoms with Crippen molar-refractivity contribution in [1.29, 1.82) is 0 Å². The Kier molecular flexibility index (Phi) is 5.01. The Hall–Kier alpha value is -1.71. The number of nitrogens with two attached hydrogens (primary N) is 1. The summed E-state index contributed by atoms with van der Waals surface area (Å²) in [4.78, 5) is 12.2. The van der Waals surface area contributed by atoms with Crippen molar-refractivity contribution in [3.05, 3.63) is 23.8 Å². The molecule has 0 spiro atoms. The van der Waals surface area contributed by atoms with E-state index in [1.807, 2.05) is 6.92 Å².